The van der Waals surface area contributed by atoms with Crippen LogP contribution in [0.25, 0.3) is 10.9 Å². The summed E-state index contributed by atoms with van der Waals surface area (Å²) in [6.45, 7) is 0. The summed E-state index contributed by atoms with van der Waals surface area (Å²) in [4.78, 5) is 13.7. The number of methoxy groups -OCH3 is 1. The first-order valence-electron chi connectivity index (χ1n) is 4.50. The average molecular weight is 216 g/mol. The first kappa shape index (κ1) is 10.1. The van der Waals surface area contributed by atoms with Gasteiger partial charge in [-0.2, -0.15) is 5.26 Å². The number of fused-ring (bicyclic) bond motifs is 1. The van der Waals surface area contributed by atoms with Gasteiger partial charge in [-0.15, -0.1) is 0 Å². The Labute approximate surface area is 90.9 Å². The number of hydrogen-bond acceptors (Lipinski definition) is 3. The second kappa shape index (κ2) is 3.59. The van der Waals surface area contributed by atoms with Crippen molar-refractivity contribution in [3.8, 4) is 11.8 Å². The van der Waals surface area contributed by atoms with Gasteiger partial charge < -0.3 is 14.8 Å². The summed E-state index contributed by atoms with van der Waals surface area (Å²) in [7, 11) is 1.44. The molecule has 80 valence electrons. The van der Waals surface area contributed by atoms with Crippen molar-refractivity contribution in [2.24, 2.45) is 0 Å². The first-order valence-corrected chi connectivity index (χ1v) is 4.50. The van der Waals surface area contributed by atoms with Gasteiger partial charge in [-0.25, -0.2) is 4.79 Å². The van der Waals surface area contributed by atoms with E-state index in [4.69, 9.17) is 15.1 Å². The zero-order chi connectivity index (χ0) is 11.7. The molecule has 0 saturated heterocycles. The number of aromatic amines is 1. The van der Waals surface area contributed by atoms with Crippen LogP contribution in [0.2, 0.25) is 0 Å². The zero-order valence-electron chi connectivity index (χ0n) is 8.44. The second-order valence-electron chi connectivity index (χ2n) is 3.22. The molecule has 0 aliphatic heterocycles. The van der Waals surface area contributed by atoms with Crippen LogP contribution >= 0.6 is 0 Å². The lowest BCUT2D eigenvalue weighted by molar-refractivity contribution is 0.0699. The van der Waals surface area contributed by atoms with E-state index in [1.54, 1.807) is 12.1 Å². The molecule has 0 aliphatic carbocycles. The number of ether oxygens (including phenoxy) is 1. The Morgan fingerprint density at radius 3 is 2.88 bits per heavy atom. The minimum absolute atomic E-state index is 0.165. The van der Waals surface area contributed by atoms with Gasteiger partial charge in [-0.05, 0) is 12.1 Å². The number of nitriles is 1. The van der Waals surface area contributed by atoms with Gasteiger partial charge in [0.15, 0.2) is 0 Å². The number of rotatable bonds is 2. The number of benzene rings is 1. The summed E-state index contributed by atoms with van der Waals surface area (Å²) in [6, 6.07) is 5.10. The van der Waals surface area contributed by atoms with Gasteiger partial charge in [0, 0.05) is 17.1 Å². The Bertz CT molecular complexity index is 607. The molecule has 2 N–H and O–H groups in total. The largest absolute Gasteiger partial charge is 0.495 e. The molecule has 5 nitrogen and oxygen atoms in total. The van der Waals surface area contributed by atoms with Gasteiger partial charge in [0.2, 0.25) is 0 Å². The number of aromatic carboxylic acids is 1. The molecule has 1 aromatic carbocycles. The summed E-state index contributed by atoms with van der Waals surface area (Å²) in [5.74, 6) is -0.643. The molecule has 0 radical (unpaired) electrons. The molecular weight excluding hydrogens is 208 g/mol. The lowest BCUT2D eigenvalue weighted by Crippen LogP contribution is -1.94. The highest BCUT2D eigenvalue weighted by molar-refractivity contribution is 6.04. The van der Waals surface area contributed by atoms with Gasteiger partial charge in [-0.1, -0.05) is 0 Å². The Kier molecular flexibility index (Phi) is 2.25. The molecule has 5 heteroatoms. The van der Waals surface area contributed by atoms with E-state index >= 15 is 0 Å². The summed E-state index contributed by atoms with van der Waals surface area (Å²) < 4.78 is 5.02. The predicted octanol–water partition coefficient (Wildman–Crippen LogP) is 1.75. The molecule has 16 heavy (non-hydrogen) atoms. The number of carboxylic acids is 1. The van der Waals surface area contributed by atoms with Crippen LogP contribution < -0.4 is 4.74 Å². The molecule has 0 amide bonds. The van der Waals surface area contributed by atoms with Crippen LogP contribution in [0.4, 0.5) is 0 Å². The summed E-state index contributed by atoms with van der Waals surface area (Å²) >= 11 is 0. The maximum Gasteiger partial charge on any atom is 0.337 e. The van der Waals surface area contributed by atoms with Crippen molar-refractivity contribution in [3.05, 3.63) is 29.5 Å². The fourth-order valence-electron chi connectivity index (χ4n) is 1.58. The highest BCUT2D eigenvalue weighted by atomic mass is 16.5. The molecule has 0 saturated carbocycles. The molecule has 0 unspecified atom stereocenters. The number of carbonyl (C=O) groups is 1. The molecule has 2 rings (SSSR count). The topological polar surface area (TPSA) is 86.1 Å². The van der Waals surface area contributed by atoms with E-state index in [2.05, 4.69) is 4.98 Å². The highest BCUT2D eigenvalue weighted by Gasteiger charge is 2.13. The van der Waals surface area contributed by atoms with Gasteiger partial charge in [0.05, 0.1) is 18.2 Å². The monoisotopic (exact) mass is 216 g/mol. The van der Waals surface area contributed by atoms with Crippen LogP contribution in [0, 0.1) is 11.3 Å². The summed E-state index contributed by atoms with van der Waals surface area (Å²) in [5, 5.41) is 18.3. The number of aromatic nitrogens is 1. The van der Waals surface area contributed by atoms with Crippen LogP contribution in [0.5, 0.6) is 5.75 Å². The highest BCUT2D eigenvalue weighted by Crippen LogP contribution is 2.27. The van der Waals surface area contributed by atoms with Crippen molar-refractivity contribution in [2.75, 3.05) is 7.11 Å². The van der Waals surface area contributed by atoms with Gasteiger partial charge in [0.25, 0.3) is 0 Å². The normalized spacial score (nSPS) is 10.0. The van der Waals surface area contributed by atoms with E-state index < -0.39 is 5.97 Å². The molecule has 1 heterocycles. The zero-order valence-corrected chi connectivity index (χ0v) is 8.44. The van der Waals surface area contributed by atoms with Crippen LogP contribution in [0.3, 0.4) is 0 Å². The first-order chi connectivity index (χ1) is 7.67. The Morgan fingerprint density at radius 1 is 1.56 bits per heavy atom. The van der Waals surface area contributed by atoms with Gasteiger partial charge in [-0.3, -0.25) is 0 Å². The van der Waals surface area contributed by atoms with Crippen LogP contribution in [-0.4, -0.2) is 23.2 Å². The Balaban J connectivity index is 2.77. The fraction of sp³-hybridized carbons (Fsp3) is 0.0909. The third-order valence-corrected chi connectivity index (χ3v) is 2.35. The van der Waals surface area contributed by atoms with Crippen LogP contribution in [-0.2, 0) is 0 Å². The average Bonchev–Trinajstić information content (AvgIpc) is 2.69. The van der Waals surface area contributed by atoms with Crippen molar-refractivity contribution in [1.29, 1.82) is 5.26 Å². The SMILES string of the molecule is COc1cc2c(C(=O)O)c[nH]c2cc1C#N. The lowest BCUT2D eigenvalue weighted by Gasteiger charge is -2.02. The fourth-order valence-corrected chi connectivity index (χ4v) is 1.58. The lowest BCUT2D eigenvalue weighted by atomic mass is 10.1. The quantitative estimate of drug-likeness (QED) is 0.800. The minimum Gasteiger partial charge on any atom is -0.495 e. The molecule has 1 aromatic heterocycles. The van der Waals surface area contributed by atoms with E-state index in [-0.39, 0.29) is 5.56 Å². The van der Waals surface area contributed by atoms with Crippen molar-refractivity contribution in [3.63, 3.8) is 0 Å². The van der Waals surface area contributed by atoms with E-state index in [0.29, 0.717) is 22.2 Å². The molecular formula is C11H8N2O3. The number of nitrogens with zero attached hydrogens (tertiary/aromatic N) is 1. The van der Waals surface area contributed by atoms with E-state index in [1.807, 2.05) is 6.07 Å². The van der Waals surface area contributed by atoms with Crippen LogP contribution in [0.15, 0.2) is 18.3 Å². The molecule has 0 fully saturated rings. The Hall–Kier alpha value is -2.48. The number of H-pyrrole nitrogens is 1. The number of hydrogen-bond donors (Lipinski definition) is 2. The second-order valence-corrected chi connectivity index (χ2v) is 3.22. The smallest absolute Gasteiger partial charge is 0.337 e. The molecule has 0 atom stereocenters. The molecule has 0 spiro atoms. The molecule has 0 aliphatic rings. The number of nitrogens with one attached hydrogen (secondary N) is 1. The van der Waals surface area contributed by atoms with Crippen molar-refractivity contribution < 1.29 is 14.6 Å². The minimum atomic E-state index is -1.02. The summed E-state index contributed by atoms with van der Waals surface area (Å²) in [6.07, 6.45) is 1.40. The third-order valence-electron chi connectivity index (χ3n) is 2.35. The maximum absolute atomic E-state index is 10.9. The van der Waals surface area contributed by atoms with Crippen molar-refractivity contribution >= 4 is 16.9 Å². The Morgan fingerprint density at radius 2 is 2.31 bits per heavy atom. The third kappa shape index (κ3) is 1.37. The number of carboxylic acid groups (broad SMARTS) is 1. The van der Waals surface area contributed by atoms with Crippen molar-refractivity contribution in [2.45, 2.75) is 0 Å². The standard InChI is InChI=1S/C11H8N2O3/c1-16-10-3-7-8(11(14)15)5-13-9(7)2-6(10)4-12/h2-3,5,13H,1H3,(H,14,15). The van der Waals surface area contributed by atoms with Gasteiger partial charge in [0.1, 0.15) is 11.8 Å². The van der Waals surface area contributed by atoms with E-state index in [9.17, 15) is 4.79 Å². The van der Waals surface area contributed by atoms with Crippen molar-refractivity contribution in [1.82, 2.24) is 4.98 Å². The van der Waals surface area contributed by atoms with E-state index in [0.717, 1.165) is 0 Å². The van der Waals surface area contributed by atoms with Crippen LogP contribution in [0.1, 0.15) is 15.9 Å². The molecule has 2 aromatic rings. The predicted molar refractivity (Wildman–Crippen MR) is 56.5 cm³/mol. The van der Waals surface area contributed by atoms with Gasteiger partial charge >= 0.3 is 5.97 Å². The maximum atomic E-state index is 10.9. The molecule has 0 bridgehead atoms. The summed E-state index contributed by atoms with van der Waals surface area (Å²) in [5.41, 5.74) is 1.14. The van der Waals surface area contributed by atoms with E-state index in [1.165, 1.54) is 13.3 Å².